The second kappa shape index (κ2) is 10.9. The maximum atomic E-state index is 14.1. The molecule has 0 radical (unpaired) electrons. The van der Waals surface area contributed by atoms with E-state index in [-0.39, 0.29) is 18.9 Å². The molecule has 10 nitrogen and oxygen atoms in total. The molecule has 10 heteroatoms. The Hall–Kier alpha value is -5.51. The van der Waals surface area contributed by atoms with E-state index in [0.29, 0.717) is 34.0 Å². The van der Waals surface area contributed by atoms with Gasteiger partial charge in [0.2, 0.25) is 12.7 Å². The number of amides is 3. The smallest absolute Gasteiger partial charge is 0.299 e. The fraction of sp³-hybridized carbons (Fsp3) is 0.129. The first-order valence-corrected chi connectivity index (χ1v) is 12.9. The Kier molecular flexibility index (Phi) is 6.87. The number of rotatable bonds is 8. The predicted molar refractivity (Wildman–Crippen MR) is 148 cm³/mol. The third kappa shape index (κ3) is 5.10. The van der Waals surface area contributed by atoms with Crippen molar-refractivity contribution < 1.29 is 28.7 Å². The topological polar surface area (TPSA) is 118 Å². The van der Waals surface area contributed by atoms with Crippen molar-refractivity contribution in [2.45, 2.75) is 12.6 Å². The third-order valence-electron chi connectivity index (χ3n) is 6.88. The van der Waals surface area contributed by atoms with Gasteiger partial charge in [-0.1, -0.05) is 48.5 Å². The predicted octanol–water partition coefficient (Wildman–Crippen LogP) is 3.75. The summed E-state index contributed by atoms with van der Waals surface area (Å²) in [6.45, 7) is -0.311. The summed E-state index contributed by atoms with van der Waals surface area (Å²) in [5.41, 5.74) is 2.31. The number of ether oxygens (including phenoxy) is 2. The molecular formula is C31H24N4O6. The van der Waals surface area contributed by atoms with Crippen LogP contribution >= 0.6 is 0 Å². The lowest BCUT2D eigenvalue weighted by Gasteiger charge is -2.32. The lowest BCUT2D eigenvalue weighted by Crippen LogP contribution is -2.46. The van der Waals surface area contributed by atoms with Crippen LogP contribution in [0.25, 0.3) is 0 Å². The molecule has 0 saturated carbocycles. The third-order valence-corrected chi connectivity index (χ3v) is 6.88. The lowest BCUT2D eigenvalue weighted by atomic mass is 10.0. The Labute approximate surface area is 235 Å². The van der Waals surface area contributed by atoms with Crippen LogP contribution in [0.4, 0.5) is 11.4 Å². The molecule has 1 N–H and O–H groups in total. The summed E-state index contributed by atoms with van der Waals surface area (Å²) in [6.07, 6.45) is 3.22. The molecule has 0 fully saturated rings. The fourth-order valence-corrected chi connectivity index (χ4v) is 4.94. The van der Waals surface area contributed by atoms with Gasteiger partial charge in [-0.2, -0.15) is 0 Å². The molecule has 0 bridgehead atoms. The summed E-state index contributed by atoms with van der Waals surface area (Å²) in [5, 5.41) is 2.90. The number of anilines is 2. The van der Waals surface area contributed by atoms with Crippen molar-refractivity contribution in [3.8, 4) is 11.5 Å². The van der Waals surface area contributed by atoms with Gasteiger partial charge in [0.25, 0.3) is 17.6 Å². The average Bonchev–Trinajstić information content (AvgIpc) is 3.56. The number of hydrogen-bond acceptors (Lipinski definition) is 7. The minimum atomic E-state index is -1.09. The normalized spacial score (nSPS) is 14.0. The number of carbonyl (C=O) groups is 4. The lowest BCUT2D eigenvalue weighted by molar-refractivity contribution is -0.139. The minimum Gasteiger partial charge on any atom is -0.454 e. The van der Waals surface area contributed by atoms with Crippen LogP contribution in [0.2, 0.25) is 0 Å². The highest BCUT2D eigenvalue weighted by Gasteiger charge is 2.39. The van der Waals surface area contributed by atoms with Crippen molar-refractivity contribution in [3.05, 3.63) is 114 Å². The number of aromatic nitrogens is 1. The van der Waals surface area contributed by atoms with E-state index >= 15 is 0 Å². The van der Waals surface area contributed by atoms with Crippen LogP contribution in [-0.4, -0.2) is 46.7 Å². The van der Waals surface area contributed by atoms with Crippen LogP contribution in [0, 0.1) is 0 Å². The molecule has 3 heterocycles. The van der Waals surface area contributed by atoms with Gasteiger partial charge >= 0.3 is 0 Å². The molecule has 0 unspecified atom stereocenters. The first-order valence-electron chi connectivity index (χ1n) is 12.9. The van der Waals surface area contributed by atoms with Crippen molar-refractivity contribution in [3.63, 3.8) is 0 Å². The second-order valence-electron chi connectivity index (χ2n) is 9.49. The number of carbonyl (C=O) groups excluding carboxylic acids is 4. The molecule has 1 atom stereocenters. The molecule has 3 aromatic carbocycles. The Morgan fingerprint density at radius 2 is 1.71 bits per heavy atom. The van der Waals surface area contributed by atoms with E-state index in [0.717, 1.165) is 4.90 Å². The highest BCUT2D eigenvalue weighted by atomic mass is 16.7. The van der Waals surface area contributed by atoms with Gasteiger partial charge in [-0.15, -0.1) is 0 Å². The highest BCUT2D eigenvalue weighted by Crippen LogP contribution is 2.35. The SMILES string of the molecule is O=C1C(=O)N(CC(=O)N(Cc2cccnc2)[C@H](C(=O)Nc2ccc3c(c2)OCO3)c2ccccc2)c2ccccc21. The van der Waals surface area contributed by atoms with Crippen molar-refractivity contribution in [2.75, 3.05) is 23.6 Å². The Balaban J connectivity index is 1.36. The summed E-state index contributed by atoms with van der Waals surface area (Å²) < 4.78 is 10.8. The van der Waals surface area contributed by atoms with E-state index < -0.39 is 36.1 Å². The van der Waals surface area contributed by atoms with Gasteiger partial charge in [-0.25, -0.2) is 0 Å². The zero-order valence-corrected chi connectivity index (χ0v) is 21.7. The first kappa shape index (κ1) is 25.8. The maximum Gasteiger partial charge on any atom is 0.299 e. The van der Waals surface area contributed by atoms with Gasteiger partial charge < -0.3 is 19.7 Å². The van der Waals surface area contributed by atoms with Gasteiger partial charge in [-0.3, -0.25) is 29.1 Å². The highest BCUT2D eigenvalue weighted by molar-refractivity contribution is 6.52. The summed E-state index contributed by atoms with van der Waals surface area (Å²) >= 11 is 0. The largest absolute Gasteiger partial charge is 0.454 e. The molecule has 6 rings (SSSR count). The zero-order chi connectivity index (χ0) is 28.3. The number of fused-ring (bicyclic) bond motifs is 2. The number of para-hydroxylation sites is 1. The van der Waals surface area contributed by atoms with Gasteiger partial charge in [0.05, 0.1) is 11.3 Å². The fourth-order valence-electron chi connectivity index (χ4n) is 4.94. The number of nitrogens with one attached hydrogen (secondary N) is 1. The van der Waals surface area contributed by atoms with Crippen LogP contribution in [0.1, 0.15) is 27.5 Å². The van der Waals surface area contributed by atoms with E-state index in [9.17, 15) is 19.2 Å². The van der Waals surface area contributed by atoms with Crippen molar-refractivity contribution in [1.29, 1.82) is 0 Å². The summed E-state index contributed by atoms with van der Waals surface area (Å²) in [4.78, 5) is 60.2. The second-order valence-corrected chi connectivity index (χ2v) is 9.49. The van der Waals surface area contributed by atoms with Gasteiger partial charge in [0.15, 0.2) is 11.5 Å². The van der Waals surface area contributed by atoms with E-state index in [4.69, 9.17) is 9.47 Å². The number of Topliss-reactive ketones (excluding diaryl/α,β-unsaturated/α-hetero) is 1. The molecule has 0 spiro atoms. The molecule has 2 aliphatic rings. The Morgan fingerprint density at radius 1 is 0.927 bits per heavy atom. The van der Waals surface area contributed by atoms with E-state index in [1.807, 2.05) is 6.07 Å². The standard InChI is InChI=1S/C31H24N4O6/c36-27(18-34-24-11-5-4-10-23(24)29(37)31(34)39)35(17-20-7-6-14-32-16-20)28(21-8-2-1-3-9-21)30(38)33-22-12-13-25-26(15-22)41-19-40-25/h1-16,28H,17-19H2,(H,33,38)/t28-/m0/s1. The Bertz CT molecular complexity index is 1640. The minimum absolute atomic E-state index is 0.0262. The van der Waals surface area contributed by atoms with Crippen LogP contribution < -0.4 is 19.7 Å². The van der Waals surface area contributed by atoms with E-state index in [1.165, 1.54) is 4.90 Å². The Morgan fingerprint density at radius 3 is 2.51 bits per heavy atom. The maximum absolute atomic E-state index is 14.1. The van der Waals surface area contributed by atoms with E-state index in [2.05, 4.69) is 10.3 Å². The van der Waals surface area contributed by atoms with Crippen LogP contribution in [0.5, 0.6) is 11.5 Å². The zero-order valence-electron chi connectivity index (χ0n) is 21.7. The monoisotopic (exact) mass is 548 g/mol. The molecule has 0 saturated heterocycles. The number of ketones is 1. The number of hydrogen-bond donors (Lipinski definition) is 1. The van der Waals surface area contributed by atoms with Crippen LogP contribution in [-0.2, 0) is 20.9 Å². The molecule has 204 valence electrons. The summed E-state index contributed by atoms with van der Waals surface area (Å²) in [6, 6.07) is 22.9. The molecule has 41 heavy (non-hydrogen) atoms. The first-order chi connectivity index (χ1) is 20.0. The summed E-state index contributed by atoms with van der Waals surface area (Å²) in [5.74, 6) is -1.40. The quantitative estimate of drug-likeness (QED) is 0.333. The molecule has 2 aliphatic heterocycles. The van der Waals surface area contributed by atoms with Crippen molar-refractivity contribution in [2.24, 2.45) is 0 Å². The van der Waals surface area contributed by atoms with Crippen molar-refractivity contribution >= 4 is 34.9 Å². The van der Waals surface area contributed by atoms with Crippen LogP contribution in [0.3, 0.4) is 0 Å². The van der Waals surface area contributed by atoms with Gasteiger partial charge in [0.1, 0.15) is 12.6 Å². The van der Waals surface area contributed by atoms with Crippen molar-refractivity contribution in [1.82, 2.24) is 9.88 Å². The number of nitrogens with zero attached hydrogens (tertiary/aromatic N) is 3. The van der Waals surface area contributed by atoms with Crippen LogP contribution in [0.15, 0.2) is 97.3 Å². The molecule has 0 aliphatic carbocycles. The van der Waals surface area contributed by atoms with Gasteiger partial charge in [-0.05, 0) is 41.5 Å². The number of pyridine rings is 1. The molecule has 3 amide bonds. The molecular weight excluding hydrogens is 524 g/mol. The molecule has 1 aromatic heterocycles. The summed E-state index contributed by atoms with van der Waals surface area (Å²) in [7, 11) is 0. The van der Waals surface area contributed by atoms with E-state index in [1.54, 1.807) is 91.3 Å². The van der Waals surface area contributed by atoms with Gasteiger partial charge in [0, 0.05) is 30.7 Å². The number of benzene rings is 3. The molecule has 4 aromatic rings. The average molecular weight is 549 g/mol.